The third-order valence-electron chi connectivity index (χ3n) is 6.28. The monoisotopic (exact) mass is 524 g/mol. The van der Waals surface area contributed by atoms with Crippen molar-refractivity contribution in [2.75, 3.05) is 33.4 Å². The first-order chi connectivity index (χ1) is 18.2. The lowest BCUT2D eigenvalue weighted by atomic mass is 10.1. The summed E-state index contributed by atoms with van der Waals surface area (Å²) in [7, 11) is 1.67. The summed E-state index contributed by atoms with van der Waals surface area (Å²) in [4.78, 5) is 24.4. The summed E-state index contributed by atoms with van der Waals surface area (Å²) in [6.45, 7) is 9.66. The maximum Gasteiger partial charge on any atom is 0.291 e. The van der Waals surface area contributed by atoms with Crippen LogP contribution in [0.5, 0.6) is 0 Å². The van der Waals surface area contributed by atoms with Gasteiger partial charge < -0.3 is 10.3 Å². The zero-order chi connectivity index (χ0) is 27.7. The van der Waals surface area contributed by atoms with E-state index >= 15 is 0 Å². The number of rotatable bonds is 12. The van der Waals surface area contributed by atoms with E-state index in [4.69, 9.17) is 0 Å². The Morgan fingerprint density at radius 1 is 1.39 bits per heavy atom. The Bertz CT molecular complexity index is 1310. The summed E-state index contributed by atoms with van der Waals surface area (Å²) >= 11 is 0. The molecule has 0 radical (unpaired) electrons. The van der Waals surface area contributed by atoms with E-state index in [0.717, 1.165) is 30.2 Å². The van der Waals surface area contributed by atoms with Crippen LogP contribution in [-0.4, -0.2) is 59.4 Å². The van der Waals surface area contributed by atoms with Crippen LogP contribution in [0.15, 0.2) is 77.5 Å². The second-order valence-corrected chi connectivity index (χ2v) is 9.14. The summed E-state index contributed by atoms with van der Waals surface area (Å²) < 4.78 is 28.6. The largest absolute Gasteiger partial charge is 0.378 e. The SMILES string of the molecule is C=C(C=CC(=CC)c1nc2ccc(C(F)(F)C=CC)cc2[nH]1)C(C=NC)=CNCN1CCC(C[N+](=O)[O-])C1. The number of hydrogen-bond donors (Lipinski definition) is 2. The van der Waals surface area contributed by atoms with Crippen LogP contribution in [0.25, 0.3) is 16.6 Å². The van der Waals surface area contributed by atoms with Gasteiger partial charge in [0.05, 0.1) is 17.7 Å². The molecule has 38 heavy (non-hydrogen) atoms. The highest BCUT2D eigenvalue weighted by Crippen LogP contribution is 2.31. The molecule has 1 aromatic heterocycles. The molecule has 0 amide bonds. The third kappa shape index (κ3) is 7.55. The Morgan fingerprint density at radius 2 is 2.18 bits per heavy atom. The lowest BCUT2D eigenvalue weighted by molar-refractivity contribution is -0.487. The number of fused-ring (bicyclic) bond motifs is 1. The highest BCUT2D eigenvalue weighted by atomic mass is 19.3. The van der Waals surface area contributed by atoms with Crippen molar-refractivity contribution in [3.63, 3.8) is 0 Å². The average Bonchev–Trinajstić information content (AvgIpc) is 3.49. The Labute approximate surface area is 221 Å². The summed E-state index contributed by atoms with van der Waals surface area (Å²) in [6.07, 6.45) is 12.1. The first kappa shape index (κ1) is 28.6. The van der Waals surface area contributed by atoms with Gasteiger partial charge in [-0.2, -0.15) is 8.78 Å². The van der Waals surface area contributed by atoms with E-state index in [-0.39, 0.29) is 22.9 Å². The van der Waals surface area contributed by atoms with E-state index in [0.29, 0.717) is 35.6 Å². The third-order valence-corrected chi connectivity index (χ3v) is 6.28. The molecule has 0 saturated carbocycles. The zero-order valence-corrected chi connectivity index (χ0v) is 22.0. The Morgan fingerprint density at radius 3 is 2.87 bits per heavy atom. The van der Waals surface area contributed by atoms with Gasteiger partial charge in [0.15, 0.2) is 0 Å². The quantitative estimate of drug-likeness (QED) is 0.126. The van der Waals surface area contributed by atoms with Gasteiger partial charge in [-0.15, -0.1) is 0 Å². The van der Waals surface area contributed by atoms with Crippen molar-refractivity contribution in [2.45, 2.75) is 26.2 Å². The molecule has 1 aliphatic heterocycles. The molecule has 1 unspecified atom stereocenters. The molecule has 0 aliphatic carbocycles. The maximum absolute atomic E-state index is 14.3. The zero-order valence-electron chi connectivity index (χ0n) is 22.0. The smallest absolute Gasteiger partial charge is 0.291 e. The molecule has 0 spiro atoms. The number of benzene rings is 1. The lowest BCUT2D eigenvalue weighted by Gasteiger charge is -2.15. The Kier molecular flexibility index (Phi) is 9.84. The van der Waals surface area contributed by atoms with Gasteiger partial charge in [0.2, 0.25) is 6.54 Å². The molecular weight excluding hydrogens is 490 g/mol. The highest BCUT2D eigenvalue weighted by molar-refractivity contribution is 5.86. The molecule has 1 aliphatic rings. The number of likely N-dealkylation sites (tertiary alicyclic amines) is 1. The number of imidazole rings is 1. The molecular formula is C28H34F2N6O2. The Balaban J connectivity index is 1.68. The lowest BCUT2D eigenvalue weighted by Crippen LogP contribution is -2.31. The summed E-state index contributed by atoms with van der Waals surface area (Å²) in [6, 6.07) is 4.40. The topological polar surface area (TPSA) is 99.5 Å². The van der Waals surface area contributed by atoms with Crippen LogP contribution in [0.3, 0.4) is 0 Å². The van der Waals surface area contributed by atoms with Crippen LogP contribution in [0, 0.1) is 16.0 Å². The number of hydrogen-bond acceptors (Lipinski definition) is 6. The number of H-pyrrole nitrogens is 1. The van der Waals surface area contributed by atoms with Crippen molar-refractivity contribution in [2.24, 2.45) is 10.9 Å². The van der Waals surface area contributed by atoms with Crippen molar-refractivity contribution >= 4 is 22.8 Å². The molecule has 3 rings (SSSR count). The summed E-state index contributed by atoms with van der Waals surface area (Å²) in [5.41, 5.74) is 3.28. The fourth-order valence-electron chi connectivity index (χ4n) is 4.31. The van der Waals surface area contributed by atoms with Gasteiger partial charge in [-0.25, -0.2) is 4.98 Å². The normalized spacial score (nSPS) is 18.0. The number of aromatic amines is 1. The first-order valence-corrected chi connectivity index (χ1v) is 12.4. The van der Waals surface area contributed by atoms with E-state index in [1.54, 1.807) is 26.3 Å². The van der Waals surface area contributed by atoms with Crippen LogP contribution < -0.4 is 5.32 Å². The number of halogens is 2. The standard InChI is InChI=1S/C28H34F2N6O2/c1-5-12-28(29,30)24-9-10-25-26(14-24)34-27(33-25)22(6-2)8-7-20(3)23(15-31-4)16-32-19-35-13-11-21(17-35)18-36(37)38/h5-10,12,14-16,21,32H,3,11,13,17-19H2,1-2,4H3,(H,33,34). The van der Waals surface area contributed by atoms with Crippen LogP contribution >= 0.6 is 0 Å². The van der Waals surface area contributed by atoms with E-state index in [1.165, 1.54) is 18.2 Å². The maximum atomic E-state index is 14.3. The number of nitrogens with zero attached hydrogens (tertiary/aromatic N) is 4. The molecule has 1 aromatic carbocycles. The fraction of sp³-hybridized carbons (Fsp3) is 0.357. The summed E-state index contributed by atoms with van der Waals surface area (Å²) in [5.74, 6) is -2.42. The molecule has 1 fully saturated rings. The molecule has 2 heterocycles. The molecule has 202 valence electrons. The van der Waals surface area contributed by atoms with E-state index in [9.17, 15) is 18.9 Å². The predicted molar refractivity (Wildman–Crippen MR) is 149 cm³/mol. The van der Waals surface area contributed by atoms with Crippen LogP contribution in [0.1, 0.15) is 31.7 Å². The van der Waals surface area contributed by atoms with Gasteiger partial charge in [-0.1, -0.05) is 36.9 Å². The highest BCUT2D eigenvalue weighted by Gasteiger charge is 2.28. The second-order valence-electron chi connectivity index (χ2n) is 9.14. The van der Waals surface area contributed by atoms with Crippen molar-refractivity contribution in [1.29, 1.82) is 0 Å². The number of aliphatic imine (C=N–C) groups is 1. The fourth-order valence-corrected chi connectivity index (χ4v) is 4.31. The van der Waals surface area contributed by atoms with Gasteiger partial charge in [-0.05, 0) is 44.1 Å². The molecule has 0 bridgehead atoms. The predicted octanol–water partition coefficient (Wildman–Crippen LogP) is 5.48. The van der Waals surface area contributed by atoms with Crippen LogP contribution in [0.2, 0.25) is 0 Å². The molecule has 2 N–H and O–H groups in total. The average molecular weight is 525 g/mol. The van der Waals surface area contributed by atoms with Gasteiger partial charge in [0, 0.05) is 60.1 Å². The van der Waals surface area contributed by atoms with E-state index in [2.05, 4.69) is 31.8 Å². The van der Waals surface area contributed by atoms with E-state index < -0.39 is 5.92 Å². The second kappa shape index (κ2) is 13.0. The first-order valence-electron chi connectivity index (χ1n) is 12.4. The van der Waals surface area contributed by atoms with Gasteiger partial charge >= 0.3 is 0 Å². The summed E-state index contributed by atoms with van der Waals surface area (Å²) in [5, 5.41) is 14.0. The van der Waals surface area contributed by atoms with Gasteiger partial charge in [0.25, 0.3) is 5.92 Å². The van der Waals surface area contributed by atoms with Gasteiger partial charge in [-0.3, -0.25) is 20.0 Å². The Hall–Kier alpha value is -3.92. The number of nitrogens with one attached hydrogen (secondary N) is 2. The molecule has 10 heteroatoms. The minimum atomic E-state index is -3.06. The minimum Gasteiger partial charge on any atom is -0.378 e. The van der Waals surface area contributed by atoms with Gasteiger partial charge in [0.1, 0.15) is 5.82 Å². The van der Waals surface area contributed by atoms with Crippen molar-refractivity contribution in [3.05, 3.63) is 94.0 Å². The number of aromatic nitrogens is 2. The number of allylic oxidation sites excluding steroid dienone is 8. The van der Waals surface area contributed by atoms with E-state index in [1.807, 2.05) is 31.4 Å². The number of nitro groups is 1. The van der Waals surface area contributed by atoms with Crippen molar-refractivity contribution < 1.29 is 13.7 Å². The number of alkyl halides is 2. The molecule has 1 saturated heterocycles. The van der Waals surface area contributed by atoms with Crippen molar-refractivity contribution in [1.82, 2.24) is 20.2 Å². The van der Waals surface area contributed by atoms with Crippen molar-refractivity contribution in [3.8, 4) is 0 Å². The molecule has 2 aromatic rings. The minimum absolute atomic E-state index is 0.00400. The molecule has 1 atom stereocenters. The molecule has 8 nitrogen and oxygen atoms in total. The van der Waals surface area contributed by atoms with Crippen LogP contribution in [-0.2, 0) is 5.92 Å². The van der Waals surface area contributed by atoms with Crippen LogP contribution in [0.4, 0.5) is 8.78 Å².